The zero-order valence-corrected chi connectivity index (χ0v) is 11.1. The van der Waals surface area contributed by atoms with Crippen LogP contribution in [-0.4, -0.2) is 7.11 Å². The largest absolute Gasteiger partial charge is 0.496 e. The summed E-state index contributed by atoms with van der Waals surface area (Å²) in [4.78, 5) is 0. The van der Waals surface area contributed by atoms with Crippen LogP contribution in [0.2, 0.25) is 0 Å². The predicted octanol–water partition coefficient (Wildman–Crippen LogP) is 3.36. The van der Waals surface area contributed by atoms with Gasteiger partial charge in [0.25, 0.3) is 0 Å². The van der Waals surface area contributed by atoms with Gasteiger partial charge in [-0.15, -0.1) is 0 Å². The minimum absolute atomic E-state index is 0.152. The van der Waals surface area contributed by atoms with Crippen LogP contribution < -0.4 is 10.5 Å². The topological polar surface area (TPSA) is 35.2 Å². The van der Waals surface area contributed by atoms with Gasteiger partial charge in [-0.2, -0.15) is 0 Å². The van der Waals surface area contributed by atoms with Gasteiger partial charge >= 0.3 is 0 Å². The molecular formula is C16H19NO. The standard InChI is InChI=1S/C16H19NO/c1-11-5-4-6-13(9-11)16(17)14-8-7-12(2)10-15(14)18-3/h4-10,16H,17H2,1-3H3. The average molecular weight is 241 g/mol. The summed E-state index contributed by atoms with van der Waals surface area (Å²) in [5.41, 5.74) is 10.9. The van der Waals surface area contributed by atoms with E-state index in [1.165, 1.54) is 11.1 Å². The van der Waals surface area contributed by atoms with Crippen LogP contribution in [0.4, 0.5) is 0 Å². The van der Waals surface area contributed by atoms with Crippen molar-refractivity contribution in [1.29, 1.82) is 0 Å². The molecule has 0 saturated carbocycles. The molecule has 0 bridgehead atoms. The summed E-state index contributed by atoms with van der Waals surface area (Å²) < 4.78 is 5.42. The maximum absolute atomic E-state index is 6.33. The summed E-state index contributed by atoms with van der Waals surface area (Å²) in [5.74, 6) is 0.851. The maximum Gasteiger partial charge on any atom is 0.124 e. The Bertz CT molecular complexity index is 549. The van der Waals surface area contributed by atoms with Crippen LogP contribution in [0.15, 0.2) is 42.5 Å². The number of rotatable bonds is 3. The molecule has 0 aliphatic carbocycles. The Balaban J connectivity index is 2.42. The van der Waals surface area contributed by atoms with Crippen molar-refractivity contribution in [1.82, 2.24) is 0 Å². The van der Waals surface area contributed by atoms with E-state index < -0.39 is 0 Å². The zero-order chi connectivity index (χ0) is 13.1. The van der Waals surface area contributed by atoms with Crippen LogP contribution in [-0.2, 0) is 0 Å². The molecule has 0 radical (unpaired) electrons. The molecule has 1 atom stereocenters. The summed E-state index contributed by atoms with van der Waals surface area (Å²) in [7, 11) is 1.68. The molecule has 0 aromatic heterocycles. The monoisotopic (exact) mass is 241 g/mol. The molecule has 2 N–H and O–H groups in total. The van der Waals surface area contributed by atoms with Crippen LogP contribution in [0.25, 0.3) is 0 Å². The molecule has 0 fully saturated rings. The fraction of sp³-hybridized carbons (Fsp3) is 0.250. The van der Waals surface area contributed by atoms with Gasteiger partial charge in [-0.3, -0.25) is 0 Å². The highest BCUT2D eigenvalue weighted by molar-refractivity contribution is 5.44. The van der Waals surface area contributed by atoms with Crippen LogP contribution in [0.1, 0.15) is 28.3 Å². The van der Waals surface area contributed by atoms with Crippen molar-refractivity contribution < 1.29 is 4.74 Å². The Morgan fingerprint density at radius 2 is 1.72 bits per heavy atom. The van der Waals surface area contributed by atoms with Crippen LogP contribution in [0.5, 0.6) is 5.75 Å². The van der Waals surface area contributed by atoms with E-state index in [1.54, 1.807) is 7.11 Å². The second-order valence-electron chi connectivity index (χ2n) is 4.64. The smallest absolute Gasteiger partial charge is 0.124 e. The van der Waals surface area contributed by atoms with E-state index in [0.717, 1.165) is 16.9 Å². The molecule has 1 unspecified atom stereocenters. The predicted molar refractivity (Wildman–Crippen MR) is 74.9 cm³/mol. The first kappa shape index (κ1) is 12.7. The zero-order valence-electron chi connectivity index (χ0n) is 11.1. The second kappa shape index (κ2) is 5.23. The van der Waals surface area contributed by atoms with Crippen molar-refractivity contribution in [3.8, 4) is 5.75 Å². The summed E-state index contributed by atoms with van der Waals surface area (Å²) in [6, 6.07) is 14.2. The van der Waals surface area contributed by atoms with Crippen LogP contribution in [0, 0.1) is 13.8 Å². The molecule has 0 amide bonds. The molecule has 18 heavy (non-hydrogen) atoms. The average Bonchev–Trinajstić information content (AvgIpc) is 2.37. The summed E-state index contributed by atoms with van der Waals surface area (Å²) in [6.45, 7) is 4.12. The number of hydrogen-bond acceptors (Lipinski definition) is 2. The van der Waals surface area contributed by atoms with E-state index >= 15 is 0 Å². The lowest BCUT2D eigenvalue weighted by atomic mass is 9.96. The van der Waals surface area contributed by atoms with E-state index in [-0.39, 0.29) is 6.04 Å². The highest BCUT2D eigenvalue weighted by atomic mass is 16.5. The molecule has 0 saturated heterocycles. The molecule has 0 spiro atoms. The Hall–Kier alpha value is -1.80. The van der Waals surface area contributed by atoms with E-state index in [1.807, 2.05) is 25.1 Å². The Kier molecular flexibility index (Phi) is 3.68. The SMILES string of the molecule is COc1cc(C)ccc1C(N)c1cccc(C)c1. The number of methoxy groups -OCH3 is 1. The van der Waals surface area contributed by atoms with Gasteiger partial charge in [0, 0.05) is 5.56 Å². The number of benzene rings is 2. The van der Waals surface area contributed by atoms with Gasteiger partial charge in [-0.05, 0) is 31.0 Å². The Morgan fingerprint density at radius 1 is 1.00 bits per heavy atom. The van der Waals surface area contributed by atoms with Crippen molar-refractivity contribution >= 4 is 0 Å². The quantitative estimate of drug-likeness (QED) is 0.894. The van der Waals surface area contributed by atoms with Gasteiger partial charge < -0.3 is 10.5 Å². The fourth-order valence-corrected chi connectivity index (χ4v) is 2.12. The third-order valence-electron chi connectivity index (χ3n) is 3.13. The Morgan fingerprint density at radius 3 is 2.39 bits per heavy atom. The number of hydrogen-bond donors (Lipinski definition) is 1. The third kappa shape index (κ3) is 2.54. The highest BCUT2D eigenvalue weighted by Gasteiger charge is 2.14. The first-order valence-corrected chi connectivity index (χ1v) is 6.08. The van der Waals surface area contributed by atoms with Gasteiger partial charge in [0.2, 0.25) is 0 Å². The lowest BCUT2D eigenvalue weighted by molar-refractivity contribution is 0.407. The molecule has 2 heteroatoms. The minimum atomic E-state index is -0.152. The Labute approximate surface area is 108 Å². The van der Waals surface area contributed by atoms with Gasteiger partial charge in [0.1, 0.15) is 5.75 Å². The van der Waals surface area contributed by atoms with Crippen LogP contribution >= 0.6 is 0 Å². The first-order valence-electron chi connectivity index (χ1n) is 6.08. The number of ether oxygens (including phenoxy) is 1. The summed E-state index contributed by atoms with van der Waals surface area (Å²) in [5, 5.41) is 0. The highest BCUT2D eigenvalue weighted by Crippen LogP contribution is 2.29. The molecule has 2 aromatic carbocycles. The van der Waals surface area contributed by atoms with Gasteiger partial charge in [0.05, 0.1) is 13.2 Å². The second-order valence-corrected chi connectivity index (χ2v) is 4.64. The van der Waals surface area contributed by atoms with Crippen LogP contribution in [0.3, 0.4) is 0 Å². The number of aryl methyl sites for hydroxylation is 2. The minimum Gasteiger partial charge on any atom is -0.496 e. The van der Waals surface area contributed by atoms with Gasteiger partial charge in [-0.25, -0.2) is 0 Å². The van der Waals surface area contributed by atoms with Crippen molar-refractivity contribution in [2.45, 2.75) is 19.9 Å². The van der Waals surface area contributed by atoms with Crippen molar-refractivity contribution in [3.05, 3.63) is 64.7 Å². The van der Waals surface area contributed by atoms with E-state index in [0.29, 0.717) is 0 Å². The van der Waals surface area contributed by atoms with E-state index in [9.17, 15) is 0 Å². The summed E-state index contributed by atoms with van der Waals surface area (Å²) in [6.07, 6.45) is 0. The van der Waals surface area contributed by atoms with Gasteiger partial charge in [-0.1, -0.05) is 42.0 Å². The van der Waals surface area contributed by atoms with Gasteiger partial charge in [0.15, 0.2) is 0 Å². The molecule has 2 rings (SSSR count). The van der Waals surface area contributed by atoms with E-state index in [2.05, 4.69) is 31.2 Å². The normalized spacial score (nSPS) is 12.2. The fourth-order valence-electron chi connectivity index (χ4n) is 2.12. The molecular weight excluding hydrogens is 222 g/mol. The molecule has 0 heterocycles. The lowest BCUT2D eigenvalue weighted by Crippen LogP contribution is -2.13. The van der Waals surface area contributed by atoms with Crippen molar-refractivity contribution in [3.63, 3.8) is 0 Å². The number of nitrogens with two attached hydrogens (primary N) is 1. The summed E-state index contributed by atoms with van der Waals surface area (Å²) >= 11 is 0. The first-order chi connectivity index (χ1) is 8.61. The third-order valence-corrected chi connectivity index (χ3v) is 3.13. The molecule has 0 aliphatic rings. The molecule has 2 aromatic rings. The lowest BCUT2D eigenvalue weighted by Gasteiger charge is -2.17. The molecule has 0 aliphatic heterocycles. The van der Waals surface area contributed by atoms with Crippen molar-refractivity contribution in [2.75, 3.05) is 7.11 Å². The van der Waals surface area contributed by atoms with E-state index in [4.69, 9.17) is 10.5 Å². The molecule has 2 nitrogen and oxygen atoms in total. The van der Waals surface area contributed by atoms with Crippen molar-refractivity contribution in [2.24, 2.45) is 5.73 Å². The maximum atomic E-state index is 6.33. The molecule has 94 valence electrons.